The van der Waals surface area contributed by atoms with Gasteiger partial charge in [-0.3, -0.25) is 0 Å². The van der Waals surface area contributed by atoms with Crippen molar-refractivity contribution in [2.24, 2.45) is 0 Å². The van der Waals surface area contributed by atoms with Crippen LogP contribution in [0.5, 0.6) is 0 Å². The van der Waals surface area contributed by atoms with Crippen LogP contribution in [0.3, 0.4) is 0 Å². The minimum Gasteiger partial charge on any atom is -0.476 e. The van der Waals surface area contributed by atoms with E-state index in [4.69, 9.17) is 5.11 Å². The highest BCUT2D eigenvalue weighted by Crippen LogP contribution is 2.36. The zero-order valence-corrected chi connectivity index (χ0v) is 11.9. The normalized spacial score (nSPS) is 20.7. The number of hydrogen-bond acceptors (Lipinski definition) is 5. The molecular weight excluding hydrogens is 308 g/mol. The number of carboxylic acids is 1. The summed E-state index contributed by atoms with van der Waals surface area (Å²) >= 11 is 0. The first-order valence-corrected chi connectivity index (χ1v) is 6.90. The standard InChI is InChI=1S/C15H13F2N3O3/c16-8-1-2-11(17)10(3-8)13-4-9(21)7-20(13)14-6-18-12(5-19-14)15(22)23/h1-3,5-6,9,13,21H,4,7H2,(H,22,23). The molecule has 120 valence electrons. The quantitative estimate of drug-likeness (QED) is 0.896. The van der Waals surface area contributed by atoms with Crippen LogP contribution in [0.15, 0.2) is 30.6 Å². The fraction of sp³-hybridized carbons (Fsp3) is 0.267. The van der Waals surface area contributed by atoms with E-state index in [1.165, 1.54) is 6.20 Å². The first-order chi connectivity index (χ1) is 11.0. The molecule has 8 heteroatoms. The maximum absolute atomic E-state index is 14.0. The Bertz CT molecular complexity index is 739. The molecule has 0 spiro atoms. The lowest BCUT2D eigenvalue weighted by atomic mass is 10.0. The number of rotatable bonds is 3. The molecule has 1 aliphatic heterocycles. The van der Waals surface area contributed by atoms with E-state index in [9.17, 15) is 18.7 Å². The van der Waals surface area contributed by atoms with Gasteiger partial charge in [-0.25, -0.2) is 23.5 Å². The summed E-state index contributed by atoms with van der Waals surface area (Å²) in [6, 6.07) is 2.54. The highest BCUT2D eigenvalue weighted by molar-refractivity contribution is 5.84. The number of carbonyl (C=O) groups is 1. The van der Waals surface area contributed by atoms with Crippen molar-refractivity contribution in [2.75, 3.05) is 11.4 Å². The van der Waals surface area contributed by atoms with Gasteiger partial charge >= 0.3 is 5.97 Å². The monoisotopic (exact) mass is 321 g/mol. The lowest BCUT2D eigenvalue weighted by Gasteiger charge is -2.25. The van der Waals surface area contributed by atoms with Gasteiger partial charge in [-0.05, 0) is 24.6 Å². The molecule has 1 fully saturated rings. The zero-order valence-electron chi connectivity index (χ0n) is 11.9. The summed E-state index contributed by atoms with van der Waals surface area (Å²) in [6.07, 6.45) is 1.80. The summed E-state index contributed by atoms with van der Waals surface area (Å²) in [4.78, 5) is 20.2. The van der Waals surface area contributed by atoms with Crippen molar-refractivity contribution in [1.29, 1.82) is 0 Å². The van der Waals surface area contributed by atoms with E-state index >= 15 is 0 Å². The predicted octanol–water partition coefficient (Wildman–Crippen LogP) is 1.77. The maximum atomic E-state index is 14.0. The van der Waals surface area contributed by atoms with E-state index in [0.29, 0.717) is 5.82 Å². The van der Waals surface area contributed by atoms with Gasteiger partial charge in [0.2, 0.25) is 0 Å². The van der Waals surface area contributed by atoms with Crippen LogP contribution in [-0.2, 0) is 0 Å². The van der Waals surface area contributed by atoms with E-state index < -0.39 is 29.7 Å². The molecule has 0 radical (unpaired) electrons. The SMILES string of the molecule is O=C(O)c1cnc(N2CC(O)CC2c2cc(F)ccc2F)cn1. The number of halogens is 2. The molecule has 2 atom stereocenters. The number of β-amino-alcohol motifs (C(OH)–C–C–N with tert-alkyl or cyclic N) is 1. The van der Waals surface area contributed by atoms with Crippen molar-refractivity contribution in [3.8, 4) is 0 Å². The van der Waals surface area contributed by atoms with Crippen LogP contribution in [0.25, 0.3) is 0 Å². The molecule has 1 aromatic heterocycles. The van der Waals surface area contributed by atoms with E-state index in [1.807, 2.05) is 0 Å². The van der Waals surface area contributed by atoms with Gasteiger partial charge in [0.25, 0.3) is 0 Å². The van der Waals surface area contributed by atoms with Gasteiger partial charge in [0.05, 0.1) is 24.5 Å². The van der Waals surface area contributed by atoms with Crippen LogP contribution in [0.2, 0.25) is 0 Å². The number of benzene rings is 1. The molecule has 2 heterocycles. The van der Waals surface area contributed by atoms with Crippen LogP contribution in [-0.4, -0.2) is 38.8 Å². The molecule has 23 heavy (non-hydrogen) atoms. The van der Waals surface area contributed by atoms with Crippen molar-refractivity contribution in [2.45, 2.75) is 18.6 Å². The van der Waals surface area contributed by atoms with Crippen molar-refractivity contribution < 1.29 is 23.8 Å². The molecule has 1 aliphatic rings. The smallest absolute Gasteiger partial charge is 0.356 e. The Morgan fingerprint density at radius 1 is 1.26 bits per heavy atom. The van der Waals surface area contributed by atoms with Crippen molar-refractivity contribution in [1.82, 2.24) is 9.97 Å². The van der Waals surface area contributed by atoms with Crippen molar-refractivity contribution >= 4 is 11.8 Å². The minimum atomic E-state index is -1.21. The molecule has 3 rings (SSSR count). The summed E-state index contributed by atoms with van der Waals surface area (Å²) in [7, 11) is 0. The van der Waals surface area contributed by atoms with Crippen LogP contribution in [0.4, 0.5) is 14.6 Å². The van der Waals surface area contributed by atoms with Crippen molar-refractivity contribution in [3.05, 3.63) is 53.5 Å². The first kappa shape index (κ1) is 15.3. The number of aromatic nitrogens is 2. The summed E-state index contributed by atoms with van der Waals surface area (Å²) in [5.74, 6) is -2.07. The van der Waals surface area contributed by atoms with Gasteiger partial charge in [0.15, 0.2) is 5.69 Å². The van der Waals surface area contributed by atoms with Crippen LogP contribution >= 0.6 is 0 Å². The Balaban J connectivity index is 1.96. The van der Waals surface area contributed by atoms with Gasteiger partial charge in [-0.15, -0.1) is 0 Å². The Morgan fingerprint density at radius 3 is 2.70 bits per heavy atom. The highest BCUT2D eigenvalue weighted by Gasteiger charge is 2.35. The second-order valence-electron chi connectivity index (χ2n) is 5.29. The Hall–Kier alpha value is -2.61. The summed E-state index contributed by atoms with van der Waals surface area (Å²) in [5, 5.41) is 18.7. The number of aliphatic hydroxyl groups excluding tert-OH is 1. The molecular formula is C15H13F2N3O3. The third-order valence-corrected chi connectivity index (χ3v) is 3.75. The van der Waals surface area contributed by atoms with Crippen LogP contribution in [0.1, 0.15) is 28.5 Å². The molecule has 0 amide bonds. The fourth-order valence-electron chi connectivity index (χ4n) is 2.71. The Morgan fingerprint density at radius 2 is 2.04 bits per heavy atom. The van der Waals surface area contributed by atoms with E-state index in [-0.39, 0.29) is 24.2 Å². The predicted molar refractivity (Wildman–Crippen MR) is 76.1 cm³/mol. The largest absolute Gasteiger partial charge is 0.476 e. The minimum absolute atomic E-state index is 0.116. The number of aromatic carboxylic acids is 1. The molecule has 6 nitrogen and oxygen atoms in total. The molecule has 2 aromatic rings. The zero-order chi connectivity index (χ0) is 16.6. The van der Waals surface area contributed by atoms with E-state index in [2.05, 4.69) is 9.97 Å². The number of anilines is 1. The van der Waals surface area contributed by atoms with Gasteiger partial charge in [0.1, 0.15) is 17.5 Å². The van der Waals surface area contributed by atoms with Gasteiger partial charge < -0.3 is 15.1 Å². The van der Waals surface area contributed by atoms with Crippen LogP contribution < -0.4 is 4.90 Å². The topological polar surface area (TPSA) is 86.5 Å². The molecule has 1 saturated heterocycles. The number of hydrogen-bond donors (Lipinski definition) is 2. The third-order valence-electron chi connectivity index (χ3n) is 3.75. The number of aliphatic hydroxyl groups is 1. The van der Waals surface area contributed by atoms with E-state index in [0.717, 1.165) is 24.4 Å². The molecule has 2 unspecified atom stereocenters. The maximum Gasteiger partial charge on any atom is 0.356 e. The van der Waals surface area contributed by atoms with E-state index in [1.54, 1.807) is 4.90 Å². The summed E-state index contributed by atoms with van der Waals surface area (Å²) in [6.45, 7) is 0.168. The van der Waals surface area contributed by atoms with Gasteiger partial charge in [-0.2, -0.15) is 0 Å². The lowest BCUT2D eigenvalue weighted by Crippen LogP contribution is -2.26. The highest BCUT2D eigenvalue weighted by atomic mass is 19.1. The summed E-state index contributed by atoms with van der Waals surface area (Å²) < 4.78 is 27.4. The van der Waals surface area contributed by atoms with Crippen LogP contribution in [0, 0.1) is 11.6 Å². The molecule has 0 bridgehead atoms. The lowest BCUT2D eigenvalue weighted by molar-refractivity contribution is 0.0690. The van der Waals surface area contributed by atoms with Crippen molar-refractivity contribution in [3.63, 3.8) is 0 Å². The molecule has 1 aromatic carbocycles. The Kier molecular flexibility index (Phi) is 3.91. The number of carboxylic acid groups (broad SMARTS) is 1. The average molecular weight is 321 g/mol. The van der Waals surface area contributed by atoms with Gasteiger partial charge in [-0.1, -0.05) is 0 Å². The summed E-state index contributed by atoms with van der Waals surface area (Å²) in [5.41, 5.74) is -0.104. The second-order valence-corrected chi connectivity index (χ2v) is 5.29. The van der Waals surface area contributed by atoms with Gasteiger partial charge in [0, 0.05) is 12.1 Å². The third kappa shape index (κ3) is 2.98. The second kappa shape index (κ2) is 5.88. The fourth-order valence-corrected chi connectivity index (χ4v) is 2.71. The molecule has 0 saturated carbocycles. The Labute approximate surface area is 130 Å². The molecule has 0 aliphatic carbocycles. The first-order valence-electron chi connectivity index (χ1n) is 6.90. The average Bonchev–Trinajstić information content (AvgIpc) is 2.91. The number of nitrogens with zero attached hydrogens (tertiary/aromatic N) is 3. The molecule has 2 N–H and O–H groups in total.